The van der Waals surface area contributed by atoms with E-state index in [1.807, 2.05) is 0 Å². The summed E-state index contributed by atoms with van der Waals surface area (Å²) < 4.78 is 0. The van der Waals surface area contributed by atoms with Crippen LogP contribution in [0, 0.1) is 35.5 Å². The molecule has 17 heavy (non-hydrogen) atoms. The molecule has 0 nitrogen and oxygen atoms in total. The SMILES string of the molecule is C1CCCC(C2[C]3CC4CC(C3)CC2C4)CC1. The van der Waals surface area contributed by atoms with E-state index in [0.717, 1.165) is 29.6 Å². The van der Waals surface area contributed by atoms with Crippen molar-refractivity contribution in [1.82, 2.24) is 0 Å². The number of hydrogen-bond donors (Lipinski definition) is 0. The lowest BCUT2D eigenvalue weighted by Gasteiger charge is -2.56. The lowest BCUT2D eigenvalue weighted by Crippen LogP contribution is -2.46. The Labute approximate surface area is 107 Å². The van der Waals surface area contributed by atoms with Crippen molar-refractivity contribution in [1.29, 1.82) is 0 Å². The van der Waals surface area contributed by atoms with Crippen LogP contribution in [-0.2, 0) is 0 Å². The second-order valence-corrected chi connectivity index (χ2v) is 7.54. The molecule has 0 spiro atoms. The maximum Gasteiger partial charge on any atom is -0.0199 e. The second-order valence-electron chi connectivity index (χ2n) is 7.54. The van der Waals surface area contributed by atoms with Gasteiger partial charge in [0.2, 0.25) is 0 Å². The van der Waals surface area contributed by atoms with E-state index in [4.69, 9.17) is 0 Å². The molecule has 0 N–H and O–H groups in total. The molecule has 0 amide bonds. The third-order valence-electron chi connectivity index (χ3n) is 6.43. The quantitative estimate of drug-likeness (QED) is 0.558. The summed E-state index contributed by atoms with van der Waals surface area (Å²) in [5, 5.41) is 0. The third kappa shape index (κ3) is 1.87. The molecular weight excluding hydrogens is 204 g/mol. The van der Waals surface area contributed by atoms with Crippen molar-refractivity contribution < 1.29 is 0 Å². The van der Waals surface area contributed by atoms with Crippen molar-refractivity contribution in [3.05, 3.63) is 5.92 Å². The van der Waals surface area contributed by atoms with Crippen LogP contribution in [0.4, 0.5) is 0 Å². The van der Waals surface area contributed by atoms with Gasteiger partial charge in [-0.1, -0.05) is 38.5 Å². The molecule has 5 fully saturated rings. The summed E-state index contributed by atoms with van der Waals surface area (Å²) in [7, 11) is 0. The molecule has 5 rings (SSSR count). The summed E-state index contributed by atoms with van der Waals surface area (Å²) in [4.78, 5) is 0. The Balaban J connectivity index is 1.53. The van der Waals surface area contributed by atoms with Crippen LogP contribution in [0.15, 0.2) is 0 Å². The largest absolute Gasteiger partial charge is 0.0533 e. The van der Waals surface area contributed by atoms with Gasteiger partial charge in [-0.15, -0.1) is 0 Å². The zero-order chi connectivity index (χ0) is 11.2. The lowest BCUT2D eigenvalue weighted by atomic mass is 9.49. The van der Waals surface area contributed by atoms with Crippen LogP contribution in [0.5, 0.6) is 0 Å². The molecule has 0 aromatic rings. The Morgan fingerprint density at radius 1 is 0.647 bits per heavy atom. The second kappa shape index (κ2) is 4.28. The smallest absolute Gasteiger partial charge is 0.0199 e. The minimum Gasteiger partial charge on any atom is -0.0533 e. The molecule has 5 aliphatic carbocycles. The van der Waals surface area contributed by atoms with Crippen molar-refractivity contribution in [3.8, 4) is 0 Å². The molecule has 0 aromatic carbocycles. The van der Waals surface area contributed by atoms with E-state index in [2.05, 4.69) is 5.92 Å². The predicted octanol–water partition coefficient (Wildman–Crippen LogP) is 4.99. The average Bonchev–Trinajstić information content (AvgIpc) is 2.56. The van der Waals surface area contributed by atoms with Gasteiger partial charge in [0.1, 0.15) is 0 Å². The summed E-state index contributed by atoms with van der Waals surface area (Å²) in [5.74, 6) is 7.66. The molecule has 0 aromatic heterocycles. The van der Waals surface area contributed by atoms with Gasteiger partial charge < -0.3 is 0 Å². The van der Waals surface area contributed by atoms with E-state index in [0.29, 0.717) is 0 Å². The highest BCUT2D eigenvalue weighted by Crippen LogP contribution is 2.60. The van der Waals surface area contributed by atoms with Crippen molar-refractivity contribution in [2.45, 2.75) is 70.6 Å². The topological polar surface area (TPSA) is 0 Å². The van der Waals surface area contributed by atoms with E-state index in [-0.39, 0.29) is 0 Å². The fourth-order valence-electron chi connectivity index (χ4n) is 6.06. The Morgan fingerprint density at radius 2 is 1.29 bits per heavy atom. The summed E-state index contributed by atoms with van der Waals surface area (Å²) in [6.07, 6.45) is 17.2. The minimum atomic E-state index is 1.10. The van der Waals surface area contributed by atoms with Crippen molar-refractivity contribution >= 4 is 0 Å². The molecule has 3 unspecified atom stereocenters. The van der Waals surface area contributed by atoms with Crippen LogP contribution >= 0.6 is 0 Å². The number of rotatable bonds is 1. The molecular formula is C17H27. The minimum absolute atomic E-state index is 1.10. The van der Waals surface area contributed by atoms with Crippen molar-refractivity contribution in [3.63, 3.8) is 0 Å². The van der Waals surface area contributed by atoms with E-state index < -0.39 is 0 Å². The first-order valence-electron chi connectivity index (χ1n) is 8.24. The van der Waals surface area contributed by atoms with Gasteiger partial charge in [0.05, 0.1) is 0 Å². The van der Waals surface area contributed by atoms with Crippen molar-refractivity contribution in [2.24, 2.45) is 29.6 Å². The maximum atomic E-state index is 2.06. The molecule has 0 saturated heterocycles. The number of hydrogen-bond acceptors (Lipinski definition) is 0. The Kier molecular flexibility index (Phi) is 2.74. The Bertz CT molecular complexity index is 244. The van der Waals surface area contributed by atoms with E-state index in [1.165, 1.54) is 25.7 Å². The van der Waals surface area contributed by atoms with Crippen LogP contribution in [0.2, 0.25) is 0 Å². The monoisotopic (exact) mass is 231 g/mol. The standard InChI is InChI=1S/C17H27/c1-2-4-6-14(5-3-1)17-15-8-12-7-13(10-15)11-16(17)9-12/h12-15,17H,1-11H2. The molecule has 95 valence electrons. The van der Waals surface area contributed by atoms with E-state index in [1.54, 1.807) is 44.9 Å². The Morgan fingerprint density at radius 3 is 1.88 bits per heavy atom. The predicted molar refractivity (Wildman–Crippen MR) is 71.5 cm³/mol. The molecule has 5 saturated carbocycles. The van der Waals surface area contributed by atoms with Crippen molar-refractivity contribution in [2.75, 3.05) is 0 Å². The third-order valence-corrected chi connectivity index (χ3v) is 6.43. The van der Waals surface area contributed by atoms with Gasteiger partial charge in [0.15, 0.2) is 0 Å². The molecule has 4 bridgehead atoms. The van der Waals surface area contributed by atoms with Gasteiger partial charge in [-0.2, -0.15) is 0 Å². The highest BCUT2D eigenvalue weighted by atomic mass is 14.5. The van der Waals surface area contributed by atoms with Crippen LogP contribution in [0.1, 0.15) is 70.6 Å². The zero-order valence-electron chi connectivity index (χ0n) is 11.2. The van der Waals surface area contributed by atoms with Gasteiger partial charge in [-0.25, -0.2) is 0 Å². The first-order chi connectivity index (χ1) is 8.40. The van der Waals surface area contributed by atoms with E-state index in [9.17, 15) is 0 Å². The van der Waals surface area contributed by atoms with Gasteiger partial charge in [-0.05, 0) is 67.6 Å². The highest BCUT2D eigenvalue weighted by Gasteiger charge is 2.50. The first kappa shape index (κ1) is 10.9. The molecule has 5 aliphatic rings. The average molecular weight is 231 g/mol. The van der Waals surface area contributed by atoms with Crippen LogP contribution < -0.4 is 0 Å². The lowest BCUT2D eigenvalue weighted by molar-refractivity contribution is 0.0121. The summed E-state index contributed by atoms with van der Waals surface area (Å²) in [6.45, 7) is 0. The molecule has 0 aliphatic heterocycles. The summed E-state index contributed by atoms with van der Waals surface area (Å²) in [6, 6.07) is 0. The fraction of sp³-hybridized carbons (Fsp3) is 0.941. The summed E-state index contributed by atoms with van der Waals surface area (Å²) >= 11 is 0. The van der Waals surface area contributed by atoms with Crippen LogP contribution in [0.3, 0.4) is 0 Å². The molecule has 0 heterocycles. The van der Waals surface area contributed by atoms with Gasteiger partial charge >= 0.3 is 0 Å². The Hall–Kier alpha value is 0. The summed E-state index contributed by atoms with van der Waals surface area (Å²) in [5.41, 5.74) is 0. The zero-order valence-corrected chi connectivity index (χ0v) is 11.2. The highest BCUT2D eigenvalue weighted by molar-refractivity contribution is 5.14. The fourth-order valence-corrected chi connectivity index (χ4v) is 6.06. The molecule has 1 radical (unpaired) electrons. The van der Waals surface area contributed by atoms with Gasteiger partial charge in [0, 0.05) is 0 Å². The van der Waals surface area contributed by atoms with Gasteiger partial charge in [0.25, 0.3) is 0 Å². The van der Waals surface area contributed by atoms with Crippen LogP contribution in [0.25, 0.3) is 0 Å². The normalized spacial score (nSPS) is 47.3. The van der Waals surface area contributed by atoms with E-state index >= 15 is 0 Å². The maximum absolute atomic E-state index is 2.06. The molecule has 0 heteroatoms. The van der Waals surface area contributed by atoms with Gasteiger partial charge in [-0.3, -0.25) is 0 Å². The van der Waals surface area contributed by atoms with Crippen LogP contribution in [-0.4, -0.2) is 0 Å². The first-order valence-corrected chi connectivity index (χ1v) is 8.24. The molecule has 3 atom stereocenters.